The highest BCUT2D eigenvalue weighted by Crippen LogP contribution is 2.32. The highest BCUT2D eigenvalue weighted by molar-refractivity contribution is 5.85. The summed E-state index contributed by atoms with van der Waals surface area (Å²) < 4.78 is 5.53. The van der Waals surface area contributed by atoms with Crippen molar-refractivity contribution in [2.45, 2.75) is 38.6 Å². The van der Waals surface area contributed by atoms with E-state index >= 15 is 0 Å². The Morgan fingerprint density at radius 3 is 2.79 bits per heavy atom. The summed E-state index contributed by atoms with van der Waals surface area (Å²) in [7, 11) is 1.67. The number of carbonyl (C=O) groups excluding carboxylic acids is 2. The maximum Gasteiger partial charge on any atom is 0.228 e. The number of rotatable bonds is 5. The quantitative estimate of drug-likeness (QED) is 0.812. The Labute approximate surface area is 174 Å². The fraction of sp³-hybridized carbons (Fsp3) is 0.619. The molecule has 7 heteroatoms. The molecule has 2 amide bonds. The van der Waals surface area contributed by atoms with E-state index in [1.54, 1.807) is 7.11 Å². The molecule has 156 valence electrons. The van der Waals surface area contributed by atoms with Gasteiger partial charge in [0.15, 0.2) is 0 Å². The van der Waals surface area contributed by atoms with Crippen LogP contribution in [-0.2, 0) is 9.59 Å². The molecule has 0 aliphatic carbocycles. The summed E-state index contributed by atoms with van der Waals surface area (Å²) in [5.41, 5.74) is 1.04. The number of halogens is 1. The molecule has 1 N–H and O–H groups in total. The van der Waals surface area contributed by atoms with Gasteiger partial charge >= 0.3 is 0 Å². The number of piperidine rings is 1. The van der Waals surface area contributed by atoms with Gasteiger partial charge in [0.2, 0.25) is 11.8 Å². The van der Waals surface area contributed by atoms with E-state index in [4.69, 9.17) is 4.74 Å². The first-order chi connectivity index (χ1) is 13.2. The molecule has 0 bridgehead atoms. The van der Waals surface area contributed by atoms with Gasteiger partial charge < -0.3 is 19.9 Å². The van der Waals surface area contributed by atoms with Crippen molar-refractivity contribution in [1.29, 1.82) is 0 Å². The lowest BCUT2D eigenvalue weighted by molar-refractivity contribution is -0.143. The maximum atomic E-state index is 13.4. The minimum absolute atomic E-state index is 0. The summed E-state index contributed by atoms with van der Waals surface area (Å²) in [4.78, 5) is 29.5. The number of piperazine rings is 1. The third kappa shape index (κ3) is 4.97. The van der Waals surface area contributed by atoms with E-state index in [1.807, 2.05) is 41.0 Å². The van der Waals surface area contributed by atoms with Crippen LogP contribution in [0.5, 0.6) is 5.75 Å². The highest BCUT2D eigenvalue weighted by Gasteiger charge is 2.36. The van der Waals surface area contributed by atoms with Crippen LogP contribution >= 0.6 is 12.4 Å². The highest BCUT2D eigenvalue weighted by atomic mass is 35.5. The predicted molar refractivity (Wildman–Crippen MR) is 112 cm³/mol. The first kappa shape index (κ1) is 22.5. The fourth-order valence-electron chi connectivity index (χ4n) is 4.20. The Morgan fingerprint density at radius 2 is 2.04 bits per heavy atom. The van der Waals surface area contributed by atoms with Crippen LogP contribution in [-0.4, -0.2) is 61.4 Å². The van der Waals surface area contributed by atoms with E-state index in [9.17, 15) is 9.59 Å². The smallest absolute Gasteiger partial charge is 0.228 e. The first-order valence-corrected chi connectivity index (χ1v) is 10.1. The summed E-state index contributed by atoms with van der Waals surface area (Å²) >= 11 is 0. The van der Waals surface area contributed by atoms with Gasteiger partial charge in [0.1, 0.15) is 5.75 Å². The predicted octanol–water partition coefficient (Wildman–Crippen LogP) is 2.63. The molecule has 3 rings (SSSR count). The lowest BCUT2D eigenvalue weighted by Gasteiger charge is -2.41. The van der Waals surface area contributed by atoms with E-state index < -0.39 is 0 Å². The maximum absolute atomic E-state index is 13.4. The minimum Gasteiger partial charge on any atom is -0.496 e. The number of hydrogen-bond donors (Lipinski definition) is 1. The molecule has 2 fully saturated rings. The molecule has 2 aliphatic heterocycles. The van der Waals surface area contributed by atoms with Crippen LogP contribution in [0.15, 0.2) is 24.3 Å². The summed E-state index contributed by atoms with van der Waals surface area (Å²) in [6.45, 7) is 5.55. The van der Waals surface area contributed by atoms with Crippen molar-refractivity contribution in [3.63, 3.8) is 0 Å². The number of nitrogens with zero attached hydrogens (tertiary/aromatic N) is 2. The van der Waals surface area contributed by atoms with Crippen LogP contribution < -0.4 is 10.1 Å². The summed E-state index contributed by atoms with van der Waals surface area (Å²) in [6, 6.07) is 7.88. The Bertz CT molecular complexity index is 670. The van der Waals surface area contributed by atoms with E-state index in [1.165, 1.54) is 0 Å². The first-order valence-electron chi connectivity index (χ1n) is 10.1. The third-order valence-electron chi connectivity index (χ3n) is 5.61. The Hall–Kier alpha value is -1.79. The largest absolute Gasteiger partial charge is 0.496 e. The van der Waals surface area contributed by atoms with Gasteiger partial charge in [-0.25, -0.2) is 0 Å². The number of hydrogen-bond acceptors (Lipinski definition) is 4. The fourth-order valence-corrected chi connectivity index (χ4v) is 4.20. The van der Waals surface area contributed by atoms with Gasteiger partial charge in [0.05, 0.1) is 19.1 Å². The van der Waals surface area contributed by atoms with Crippen molar-refractivity contribution in [3.05, 3.63) is 29.8 Å². The molecule has 6 nitrogen and oxygen atoms in total. The second-order valence-corrected chi connectivity index (χ2v) is 7.42. The average Bonchev–Trinajstić information content (AvgIpc) is 2.73. The molecule has 0 aromatic heterocycles. The molecule has 2 atom stereocenters. The number of ether oxygens (including phenoxy) is 1. The normalized spacial score (nSPS) is 22.4. The van der Waals surface area contributed by atoms with Gasteiger partial charge in [0.25, 0.3) is 0 Å². The van der Waals surface area contributed by atoms with Gasteiger partial charge in [0, 0.05) is 44.7 Å². The molecular weight excluding hydrogens is 378 g/mol. The Balaban J connectivity index is 0.00000280. The molecule has 2 heterocycles. The minimum atomic E-state index is -0.102. The van der Waals surface area contributed by atoms with Gasteiger partial charge in [-0.05, 0) is 25.3 Å². The lowest BCUT2D eigenvalue weighted by Crippen LogP contribution is -2.53. The van der Waals surface area contributed by atoms with E-state index in [0.717, 1.165) is 50.2 Å². The molecule has 1 aromatic carbocycles. The van der Waals surface area contributed by atoms with Crippen LogP contribution in [0.25, 0.3) is 0 Å². The van der Waals surface area contributed by atoms with Crippen molar-refractivity contribution in [1.82, 2.24) is 15.1 Å². The zero-order valence-electron chi connectivity index (χ0n) is 16.9. The second-order valence-electron chi connectivity index (χ2n) is 7.42. The molecule has 0 saturated carbocycles. The zero-order valence-corrected chi connectivity index (χ0v) is 17.7. The molecule has 2 saturated heterocycles. The molecule has 0 radical (unpaired) electrons. The summed E-state index contributed by atoms with van der Waals surface area (Å²) in [5, 5.41) is 3.40. The molecule has 0 spiro atoms. The molecule has 2 aliphatic rings. The van der Waals surface area contributed by atoms with Crippen molar-refractivity contribution < 1.29 is 14.3 Å². The number of para-hydroxylation sites is 1. The van der Waals surface area contributed by atoms with Gasteiger partial charge in [-0.1, -0.05) is 25.1 Å². The van der Waals surface area contributed by atoms with E-state index in [-0.39, 0.29) is 36.2 Å². The van der Waals surface area contributed by atoms with Crippen molar-refractivity contribution >= 4 is 24.2 Å². The standard InChI is InChI=1S/C21H31N3O3.ClH/c1-3-7-20(25)23-12-6-8-16(15-23)21(26)24-13-11-22-14-18(24)17-9-4-5-10-19(17)27-2;/h4-5,9-10,16,18,22H,3,6-8,11-15H2,1-2H3;1H. The molecular formula is C21H32ClN3O3. The van der Waals surface area contributed by atoms with Crippen molar-refractivity contribution in [2.24, 2.45) is 5.92 Å². The van der Waals surface area contributed by atoms with Gasteiger partial charge in [-0.3, -0.25) is 9.59 Å². The van der Waals surface area contributed by atoms with Crippen LogP contribution in [0.1, 0.15) is 44.2 Å². The summed E-state index contributed by atoms with van der Waals surface area (Å²) in [5.74, 6) is 1.06. The SMILES string of the molecule is CCCC(=O)N1CCCC(C(=O)N2CCNCC2c2ccccc2OC)C1.Cl. The topological polar surface area (TPSA) is 61.9 Å². The van der Waals surface area contributed by atoms with Crippen LogP contribution in [0.4, 0.5) is 0 Å². The number of amides is 2. The van der Waals surface area contributed by atoms with Crippen LogP contribution in [0.3, 0.4) is 0 Å². The van der Waals surface area contributed by atoms with E-state index in [2.05, 4.69) is 5.32 Å². The monoisotopic (exact) mass is 409 g/mol. The second kappa shape index (κ2) is 10.7. The number of benzene rings is 1. The molecule has 2 unspecified atom stereocenters. The lowest BCUT2D eigenvalue weighted by atomic mass is 9.93. The summed E-state index contributed by atoms with van der Waals surface area (Å²) in [6.07, 6.45) is 3.18. The molecule has 28 heavy (non-hydrogen) atoms. The Kier molecular flexibility index (Phi) is 8.58. The number of methoxy groups -OCH3 is 1. The van der Waals surface area contributed by atoms with Crippen molar-refractivity contribution in [3.8, 4) is 5.75 Å². The van der Waals surface area contributed by atoms with Crippen molar-refractivity contribution in [2.75, 3.05) is 39.8 Å². The van der Waals surface area contributed by atoms with Gasteiger partial charge in [-0.2, -0.15) is 0 Å². The van der Waals surface area contributed by atoms with Gasteiger partial charge in [-0.15, -0.1) is 12.4 Å². The Morgan fingerprint density at radius 1 is 1.25 bits per heavy atom. The number of nitrogens with one attached hydrogen (secondary N) is 1. The third-order valence-corrected chi connectivity index (χ3v) is 5.61. The molecule has 1 aromatic rings. The average molecular weight is 410 g/mol. The van der Waals surface area contributed by atoms with Crippen LogP contribution in [0, 0.1) is 5.92 Å². The van der Waals surface area contributed by atoms with E-state index in [0.29, 0.717) is 19.5 Å². The zero-order chi connectivity index (χ0) is 19.2. The number of likely N-dealkylation sites (tertiary alicyclic amines) is 1. The number of carbonyl (C=O) groups is 2. The van der Waals surface area contributed by atoms with Crippen LogP contribution in [0.2, 0.25) is 0 Å².